The molecule has 3 rings (SSSR count). The number of benzene rings is 2. The van der Waals surface area contributed by atoms with Crippen molar-refractivity contribution in [2.24, 2.45) is 0 Å². The first-order valence-electron chi connectivity index (χ1n) is 9.71. The van der Waals surface area contributed by atoms with Crippen LogP contribution >= 0.6 is 11.8 Å². The van der Waals surface area contributed by atoms with Crippen LogP contribution in [0.3, 0.4) is 0 Å². The molecule has 0 aliphatic rings. The molecule has 0 fully saturated rings. The fourth-order valence-electron chi connectivity index (χ4n) is 2.83. The summed E-state index contributed by atoms with van der Waals surface area (Å²) in [6.45, 7) is 2.35. The van der Waals surface area contributed by atoms with Gasteiger partial charge in [0.25, 0.3) is 0 Å². The third-order valence-electron chi connectivity index (χ3n) is 4.23. The zero-order chi connectivity index (χ0) is 23.8. The molecule has 0 radical (unpaired) electrons. The number of thioether (sulfide) groups is 1. The first-order valence-corrected chi connectivity index (χ1v) is 10.7. The zero-order valence-electron chi connectivity index (χ0n) is 18.1. The Labute approximate surface area is 193 Å². The molecule has 0 spiro atoms. The second kappa shape index (κ2) is 11.1. The predicted molar refractivity (Wildman–Crippen MR) is 119 cm³/mol. The second-order valence-corrected chi connectivity index (χ2v) is 7.34. The molecular formula is C21H21N5O6S. The van der Waals surface area contributed by atoms with Crippen molar-refractivity contribution in [1.82, 2.24) is 20.2 Å². The lowest BCUT2D eigenvalue weighted by atomic mass is 10.1. The second-order valence-electron chi connectivity index (χ2n) is 6.39. The smallest absolute Gasteiger partial charge is 0.337 e. The summed E-state index contributed by atoms with van der Waals surface area (Å²) >= 11 is 1.11. The van der Waals surface area contributed by atoms with Crippen LogP contribution in [-0.4, -0.2) is 64.6 Å². The van der Waals surface area contributed by atoms with Gasteiger partial charge in [-0.2, -0.15) is 4.68 Å². The van der Waals surface area contributed by atoms with Crippen molar-refractivity contribution in [2.45, 2.75) is 12.1 Å². The van der Waals surface area contributed by atoms with Gasteiger partial charge in [0.2, 0.25) is 11.1 Å². The Balaban J connectivity index is 1.74. The highest BCUT2D eigenvalue weighted by Gasteiger charge is 2.17. The molecule has 3 aromatic rings. The van der Waals surface area contributed by atoms with E-state index in [9.17, 15) is 14.4 Å². The molecule has 0 bridgehead atoms. The van der Waals surface area contributed by atoms with Gasteiger partial charge >= 0.3 is 11.9 Å². The number of rotatable bonds is 9. The van der Waals surface area contributed by atoms with Gasteiger partial charge in [0.1, 0.15) is 11.4 Å². The van der Waals surface area contributed by atoms with E-state index in [1.165, 1.54) is 37.1 Å². The number of nitrogens with one attached hydrogen (secondary N) is 1. The number of hydrogen-bond donors (Lipinski definition) is 1. The normalized spacial score (nSPS) is 10.4. The summed E-state index contributed by atoms with van der Waals surface area (Å²) in [7, 11) is 2.44. The number of carbonyl (C=O) groups excluding carboxylic acids is 3. The van der Waals surface area contributed by atoms with Crippen molar-refractivity contribution in [3.8, 4) is 11.4 Å². The minimum atomic E-state index is -0.655. The number of hydrogen-bond acceptors (Lipinski definition) is 10. The zero-order valence-corrected chi connectivity index (χ0v) is 18.9. The molecule has 2 aromatic carbocycles. The van der Waals surface area contributed by atoms with Crippen molar-refractivity contribution in [1.29, 1.82) is 0 Å². The van der Waals surface area contributed by atoms with Gasteiger partial charge in [-0.15, -0.1) is 5.10 Å². The maximum atomic E-state index is 12.6. The number of para-hydroxylation sites is 2. The van der Waals surface area contributed by atoms with E-state index in [4.69, 9.17) is 14.2 Å². The van der Waals surface area contributed by atoms with E-state index in [1.54, 1.807) is 12.1 Å². The number of anilines is 1. The molecule has 0 saturated carbocycles. The molecule has 0 unspecified atom stereocenters. The Morgan fingerprint density at radius 3 is 2.33 bits per heavy atom. The summed E-state index contributed by atoms with van der Waals surface area (Å²) in [6, 6.07) is 11.4. The van der Waals surface area contributed by atoms with Crippen LogP contribution in [0.4, 0.5) is 5.69 Å². The van der Waals surface area contributed by atoms with Crippen LogP contribution in [0.15, 0.2) is 47.6 Å². The maximum Gasteiger partial charge on any atom is 0.337 e. The Morgan fingerprint density at radius 2 is 1.70 bits per heavy atom. The van der Waals surface area contributed by atoms with Crippen LogP contribution in [0.5, 0.6) is 5.75 Å². The standard InChI is InChI=1S/C21H21N5O6S/c1-4-32-17-8-6-5-7-16(17)26-21(23-24-25-26)33-12-18(27)22-15-10-13(19(28)30-2)9-14(11-15)20(29)31-3/h5-11H,4,12H2,1-3H3,(H,22,27). The van der Waals surface area contributed by atoms with Gasteiger partial charge < -0.3 is 19.5 Å². The number of esters is 2. The molecule has 1 heterocycles. The summed E-state index contributed by atoms with van der Waals surface area (Å²) in [5.74, 6) is -1.14. The Bertz CT molecular complexity index is 1130. The third-order valence-corrected chi connectivity index (χ3v) is 5.14. The minimum absolute atomic E-state index is 0.0345. The highest BCUT2D eigenvalue weighted by Crippen LogP contribution is 2.26. The molecule has 0 aliphatic carbocycles. The minimum Gasteiger partial charge on any atom is -0.492 e. The van der Waals surface area contributed by atoms with Crippen LogP contribution in [0.1, 0.15) is 27.6 Å². The number of ether oxygens (including phenoxy) is 3. The average Bonchev–Trinajstić information content (AvgIpc) is 3.30. The highest BCUT2D eigenvalue weighted by molar-refractivity contribution is 7.99. The van der Waals surface area contributed by atoms with Crippen molar-refractivity contribution >= 4 is 35.3 Å². The summed E-state index contributed by atoms with van der Waals surface area (Å²) in [5, 5.41) is 14.7. The van der Waals surface area contributed by atoms with E-state index >= 15 is 0 Å². The van der Waals surface area contributed by atoms with E-state index in [0.717, 1.165) is 11.8 Å². The summed E-state index contributed by atoms with van der Waals surface area (Å²) in [6.07, 6.45) is 0. The molecule has 1 N–H and O–H groups in total. The van der Waals surface area contributed by atoms with Gasteiger partial charge in [-0.05, 0) is 47.7 Å². The first-order chi connectivity index (χ1) is 16.0. The highest BCUT2D eigenvalue weighted by atomic mass is 32.2. The van der Waals surface area contributed by atoms with Crippen molar-refractivity contribution in [3.05, 3.63) is 53.6 Å². The lowest BCUT2D eigenvalue weighted by Gasteiger charge is -2.11. The molecule has 33 heavy (non-hydrogen) atoms. The molecule has 0 atom stereocenters. The topological polar surface area (TPSA) is 135 Å². The molecule has 1 amide bonds. The summed E-state index contributed by atoms with van der Waals surface area (Å²) < 4.78 is 16.5. The van der Waals surface area contributed by atoms with Gasteiger partial charge in [0.05, 0.1) is 37.7 Å². The molecule has 12 heteroatoms. The molecule has 0 saturated heterocycles. The lowest BCUT2D eigenvalue weighted by molar-refractivity contribution is -0.113. The maximum absolute atomic E-state index is 12.6. The van der Waals surface area contributed by atoms with E-state index in [2.05, 4.69) is 20.8 Å². The number of amides is 1. The SMILES string of the molecule is CCOc1ccccc1-n1nnnc1SCC(=O)Nc1cc(C(=O)OC)cc(C(=O)OC)c1. The number of methoxy groups -OCH3 is 2. The van der Waals surface area contributed by atoms with E-state index in [-0.39, 0.29) is 22.6 Å². The van der Waals surface area contributed by atoms with E-state index < -0.39 is 17.8 Å². The number of aromatic nitrogens is 4. The fraction of sp³-hybridized carbons (Fsp3) is 0.238. The van der Waals surface area contributed by atoms with Crippen LogP contribution in [-0.2, 0) is 14.3 Å². The molecular weight excluding hydrogens is 450 g/mol. The van der Waals surface area contributed by atoms with E-state index in [1.807, 2.05) is 19.1 Å². The van der Waals surface area contributed by atoms with Crippen LogP contribution in [0.2, 0.25) is 0 Å². The Kier molecular flexibility index (Phi) is 7.97. The quantitative estimate of drug-likeness (QED) is 0.366. The molecule has 172 valence electrons. The van der Waals surface area contributed by atoms with Gasteiger partial charge in [-0.1, -0.05) is 23.9 Å². The van der Waals surface area contributed by atoms with Gasteiger partial charge in [-0.25, -0.2) is 9.59 Å². The van der Waals surface area contributed by atoms with Crippen molar-refractivity contribution in [2.75, 3.05) is 31.9 Å². The Morgan fingerprint density at radius 1 is 1.03 bits per heavy atom. The monoisotopic (exact) mass is 471 g/mol. The molecule has 1 aromatic heterocycles. The van der Waals surface area contributed by atoms with Gasteiger partial charge in [0.15, 0.2) is 0 Å². The first kappa shape index (κ1) is 23.7. The van der Waals surface area contributed by atoms with Crippen molar-refractivity contribution < 1.29 is 28.6 Å². The average molecular weight is 471 g/mol. The third kappa shape index (κ3) is 5.86. The van der Waals surface area contributed by atoms with Crippen LogP contribution < -0.4 is 10.1 Å². The van der Waals surface area contributed by atoms with Gasteiger partial charge in [0, 0.05) is 5.69 Å². The molecule has 11 nitrogen and oxygen atoms in total. The fourth-order valence-corrected chi connectivity index (χ4v) is 3.51. The number of carbonyl (C=O) groups is 3. The molecule has 0 aliphatic heterocycles. The van der Waals surface area contributed by atoms with Crippen LogP contribution in [0.25, 0.3) is 5.69 Å². The number of tetrazole rings is 1. The number of nitrogens with zero attached hydrogens (tertiary/aromatic N) is 4. The van der Waals surface area contributed by atoms with E-state index in [0.29, 0.717) is 23.2 Å². The predicted octanol–water partition coefficient (Wildman–Crippen LogP) is 2.37. The van der Waals surface area contributed by atoms with Crippen LogP contribution in [0, 0.1) is 0 Å². The van der Waals surface area contributed by atoms with Crippen molar-refractivity contribution in [3.63, 3.8) is 0 Å². The summed E-state index contributed by atoms with van der Waals surface area (Å²) in [4.78, 5) is 36.4. The Hall–Kier alpha value is -3.93. The largest absolute Gasteiger partial charge is 0.492 e. The van der Waals surface area contributed by atoms with Gasteiger partial charge in [-0.3, -0.25) is 4.79 Å². The lowest BCUT2D eigenvalue weighted by Crippen LogP contribution is -2.16. The summed E-state index contributed by atoms with van der Waals surface area (Å²) in [5.41, 5.74) is 1.07.